The molecule has 1 aromatic heterocycles. The summed E-state index contributed by atoms with van der Waals surface area (Å²) in [6.45, 7) is 4.43. The van der Waals surface area contributed by atoms with Crippen LogP contribution in [0.25, 0.3) is 0 Å². The topological polar surface area (TPSA) is 17.8 Å². The molecule has 0 unspecified atom stereocenters. The van der Waals surface area contributed by atoms with Crippen molar-refractivity contribution in [2.75, 3.05) is 0 Å². The van der Waals surface area contributed by atoms with Gasteiger partial charge in [-0.2, -0.15) is 0 Å². The van der Waals surface area contributed by atoms with Gasteiger partial charge in [0.05, 0.1) is 12.0 Å². The molecule has 0 bridgehead atoms. The van der Waals surface area contributed by atoms with Gasteiger partial charge in [0.1, 0.15) is 4.60 Å². The Bertz CT molecular complexity index is 497. The molecule has 2 rings (SSSR count). The van der Waals surface area contributed by atoms with Crippen LogP contribution in [0.15, 0.2) is 35.2 Å². The van der Waals surface area contributed by atoms with Gasteiger partial charge in [-0.3, -0.25) is 0 Å². The first-order chi connectivity index (χ1) is 8.08. The molecular weight excluding hydrogens is 276 g/mol. The van der Waals surface area contributed by atoms with E-state index in [-0.39, 0.29) is 0 Å². The number of hydrogen-bond donors (Lipinski definition) is 0. The van der Waals surface area contributed by atoms with Crippen molar-refractivity contribution in [2.24, 2.45) is 7.05 Å². The van der Waals surface area contributed by atoms with Crippen LogP contribution in [0, 0.1) is 0 Å². The molecule has 17 heavy (non-hydrogen) atoms. The summed E-state index contributed by atoms with van der Waals surface area (Å²) in [6.07, 6.45) is 2.71. The zero-order valence-electron chi connectivity index (χ0n) is 10.4. The van der Waals surface area contributed by atoms with Gasteiger partial charge in [-0.1, -0.05) is 38.1 Å². The van der Waals surface area contributed by atoms with Crippen LogP contribution in [0.3, 0.4) is 0 Å². The van der Waals surface area contributed by atoms with Gasteiger partial charge in [0.15, 0.2) is 0 Å². The van der Waals surface area contributed by atoms with Crippen molar-refractivity contribution in [3.05, 3.63) is 52.0 Å². The van der Waals surface area contributed by atoms with Crippen LogP contribution in [0.4, 0.5) is 0 Å². The molecular formula is C14H17BrN2. The van der Waals surface area contributed by atoms with Crippen LogP contribution in [-0.2, 0) is 13.5 Å². The highest BCUT2D eigenvalue weighted by molar-refractivity contribution is 9.10. The van der Waals surface area contributed by atoms with Crippen molar-refractivity contribution in [2.45, 2.75) is 26.2 Å². The zero-order valence-corrected chi connectivity index (χ0v) is 12.0. The van der Waals surface area contributed by atoms with Crippen LogP contribution < -0.4 is 0 Å². The van der Waals surface area contributed by atoms with E-state index in [9.17, 15) is 0 Å². The Morgan fingerprint density at radius 1 is 1.24 bits per heavy atom. The fourth-order valence-electron chi connectivity index (χ4n) is 1.80. The van der Waals surface area contributed by atoms with Crippen LogP contribution in [0.2, 0.25) is 0 Å². The van der Waals surface area contributed by atoms with E-state index < -0.39 is 0 Å². The third kappa shape index (κ3) is 2.78. The molecule has 0 aliphatic heterocycles. The van der Waals surface area contributed by atoms with Gasteiger partial charge >= 0.3 is 0 Å². The van der Waals surface area contributed by atoms with Crippen molar-refractivity contribution in [3.63, 3.8) is 0 Å². The van der Waals surface area contributed by atoms with Gasteiger partial charge in [0.2, 0.25) is 0 Å². The fraction of sp³-hybridized carbons (Fsp3) is 0.357. The molecule has 90 valence electrons. The van der Waals surface area contributed by atoms with Gasteiger partial charge in [0.25, 0.3) is 0 Å². The van der Waals surface area contributed by atoms with Crippen molar-refractivity contribution in [1.29, 1.82) is 0 Å². The highest BCUT2D eigenvalue weighted by Gasteiger charge is 2.07. The normalized spacial score (nSPS) is 11.1. The molecule has 1 aromatic carbocycles. The van der Waals surface area contributed by atoms with E-state index in [1.54, 1.807) is 0 Å². The first-order valence-corrected chi connectivity index (χ1v) is 6.61. The lowest BCUT2D eigenvalue weighted by Crippen LogP contribution is -1.93. The summed E-state index contributed by atoms with van der Waals surface area (Å²) in [5.74, 6) is 0.589. The predicted molar refractivity (Wildman–Crippen MR) is 74.2 cm³/mol. The molecule has 0 amide bonds. The quantitative estimate of drug-likeness (QED) is 0.839. The first kappa shape index (κ1) is 12.4. The standard InChI is InChI=1S/C14H17BrN2/c1-10(2)12-6-4-11(5-7-12)8-13-14(15)17(3)9-16-13/h4-7,9-10H,8H2,1-3H3. The number of halogens is 1. The number of hydrogen-bond acceptors (Lipinski definition) is 1. The summed E-state index contributed by atoms with van der Waals surface area (Å²) in [6, 6.07) is 8.79. The number of imidazole rings is 1. The van der Waals surface area contributed by atoms with Gasteiger partial charge < -0.3 is 4.57 Å². The molecule has 1 heterocycles. The molecule has 0 fully saturated rings. The SMILES string of the molecule is CC(C)c1ccc(Cc2ncn(C)c2Br)cc1. The summed E-state index contributed by atoms with van der Waals surface area (Å²) < 4.78 is 3.04. The van der Waals surface area contributed by atoms with E-state index in [1.807, 2.05) is 17.9 Å². The Labute approximate surface area is 111 Å². The maximum atomic E-state index is 4.38. The predicted octanol–water partition coefficient (Wildman–Crippen LogP) is 3.90. The Morgan fingerprint density at radius 2 is 1.88 bits per heavy atom. The molecule has 0 saturated heterocycles. The second kappa shape index (κ2) is 5.05. The molecule has 3 heteroatoms. The lowest BCUT2D eigenvalue weighted by Gasteiger charge is -2.06. The van der Waals surface area contributed by atoms with E-state index >= 15 is 0 Å². The summed E-state index contributed by atoms with van der Waals surface area (Å²) in [5.41, 5.74) is 3.77. The van der Waals surface area contributed by atoms with Gasteiger partial charge in [-0.05, 0) is 33.0 Å². The Morgan fingerprint density at radius 3 is 2.35 bits per heavy atom. The van der Waals surface area contributed by atoms with E-state index in [0.717, 1.165) is 16.7 Å². The molecule has 0 N–H and O–H groups in total. The lowest BCUT2D eigenvalue weighted by atomic mass is 10.0. The maximum absolute atomic E-state index is 4.38. The van der Waals surface area contributed by atoms with Crippen LogP contribution in [0.1, 0.15) is 36.6 Å². The number of aromatic nitrogens is 2. The monoisotopic (exact) mass is 292 g/mol. The minimum Gasteiger partial charge on any atom is -0.328 e. The number of nitrogens with zero attached hydrogens (tertiary/aromatic N) is 2. The third-order valence-electron chi connectivity index (χ3n) is 2.95. The average Bonchev–Trinajstić information content (AvgIpc) is 2.62. The third-order valence-corrected chi connectivity index (χ3v) is 3.97. The molecule has 0 aliphatic rings. The van der Waals surface area contributed by atoms with Gasteiger partial charge in [0, 0.05) is 13.5 Å². The average molecular weight is 293 g/mol. The molecule has 2 nitrogen and oxygen atoms in total. The minimum atomic E-state index is 0.589. The van der Waals surface area contributed by atoms with E-state index in [4.69, 9.17) is 0 Å². The van der Waals surface area contributed by atoms with Crippen molar-refractivity contribution < 1.29 is 0 Å². The van der Waals surface area contributed by atoms with Crippen LogP contribution in [-0.4, -0.2) is 9.55 Å². The van der Waals surface area contributed by atoms with Crippen LogP contribution in [0.5, 0.6) is 0 Å². The summed E-state index contributed by atoms with van der Waals surface area (Å²) in [5, 5.41) is 0. The van der Waals surface area contributed by atoms with E-state index in [1.165, 1.54) is 11.1 Å². The number of aryl methyl sites for hydroxylation is 1. The summed E-state index contributed by atoms with van der Waals surface area (Å²) in [7, 11) is 1.99. The molecule has 2 aromatic rings. The smallest absolute Gasteiger partial charge is 0.108 e. The molecule has 0 atom stereocenters. The number of rotatable bonds is 3. The van der Waals surface area contributed by atoms with Crippen molar-refractivity contribution in [3.8, 4) is 0 Å². The van der Waals surface area contributed by atoms with Crippen LogP contribution >= 0.6 is 15.9 Å². The zero-order chi connectivity index (χ0) is 12.4. The second-order valence-corrected chi connectivity index (χ2v) is 5.42. The molecule has 0 saturated carbocycles. The summed E-state index contributed by atoms with van der Waals surface area (Å²) >= 11 is 3.55. The van der Waals surface area contributed by atoms with Crippen molar-refractivity contribution in [1.82, 2.24) is 9.55 Å². The lowest BCUT2D eigenvalue weighted by molar-refractivity contribution is 0.865. The molecule has 0 spiro atoms. The Kier molecular flexibility index (Phi) is 3.67. The number of benzene rings is 1. The second-order valence-electron chi connectivity index (χ2n) is 4.67. The Hall–Kier alpha value is -1.09. The van der Waals surface area contributed by atoms with Gasteiger partial charge in [-0.25, -0.2) is 4.98 Å². The molecule has 0 aliphatic carbocycles. The highest BCUT2D eigenvalue weighted by atomic mass is 79.9. The van der Waals surface area contributed by atoms with Gasteiger partial charge in [-0.15, -0.1) is 0 Å². The summed E-state index contributed by atoms with van der Waals surface area (Å²) in [4.78, 5) is 4.38. The first-order valence-electron chi connectivity index (χ1n) is 5.82. The maximum Gasteiger partial charge on any atom is 0.108 e. The fourth-order valence-corrected chi connectivity index (χ4v) is 2.13. The van der Waals surface area contributed by atoms with E-state index in [2.05, 4.69) is 59.0 Å². The largest absolute Gasteiger partial charge is 0.328 e. The minimum absolute atomic E-state index is 0.589. The molecule has 0 radical (unpaired) electrons. The Balaban J connectivity index is 2.17. The van der Waals surface area contributed by atoms with Crippen molar-refractivity contribution >= 4 is 15.9 Å². The highest BCUT2D eigenvalue weighted by Crippen LogP contribution is 2.20. The van der Waals surface area contributed by atoms with E-state index in [0.29, 0.717) is 5.92 Å².